The zero-order chi connectivity index (χ0) is 20.7. The summed E-state index contributed by atoms with van der Waals surface area (Å²) in [6.45, 7) is 8.20. The lowest BCUT2D eigenvalue weighted by molar-refractivity contribution is 0.271. The first kappa shape index (κ1) is 19.6. The Morgan fingerprint density at radius 1 is 1.03 bits per heavy atom. The minimum Gasteiger partial charge on any atom is -0.353 e. The van der Waals surface area contributed by atoms with Crippen molar-refractivity contribution in [2.75, 3.05) is 41.9 Å². The lowest BCUT2D eigenvalue weighted by Gasteiger charge is -2.55. The number of nitrogens with one attached hydrogen (secondary N) is 1. The Balaban J connectivity index is 0.000000937. The van der Waals surface area contributed by atoms with Crippen LogP contribution in [0.25, 0.3) is 10.9 Å². The lowest BCUT2D eigenvalue weighted by atomic mass is 9.83. The summed E-state index contributed by atoms with van der Waals surface area (Å²) in [5, 5.41) is 4.43. The molecule has 30 heavy (non-hydrogen) atoms. The summed E-state index contributed by atoms with van der Waals surface area (Å²) in [6.07, 6.45) is 3.76. The van der Waals surface area contributed by atoms with E-state index in [-0.39, 0.29) is 0 Å². The smallest absolute Gasteiger partial charge is 0.227 e. The summed E-state index contributed by atoms with van der Waals surface area (Å²) in [6, 6.07) is 8.51. The lowest BCUT2D eigenvalue weighted by Crippen LogP contribution is -2.63. The quantitative estimate of drug-likeness (QED) is 0.678. The van der Waals surface area contributed by atoms with E-state index in [4.69, 9.17) is 4.98 Å². The van der Waals surface area contributed by atoms with Crippen molar-refractivity contribution in [3.05, 3.63) is 47.8 Å². The number of hydrogen-bond acceptors (Lipinski definition) is 7. The Morgan fingerprint density at radius 3 is 2.60 bits per heavy atom. The van der Waals surface area contributed by atoms with Gasteiger partial charge in [-0.3, -0.25) is 4.90 Å². The molecule has 3 aliphatic heterocycles. The molecule has 2 saturated heterocycles. The van der Waals surface area contributed by atoms with Crippen LogP contribution in [-0.2, 0) is 13.1 Å². The van der Waals surface area contributed by atoms with Gasteiger partial charge in [-0.15, -0.1) is 0 Å². The average Bonchev–Trinajstić information content (AvgIpc) is 3.07. The Labute approximate surface area is 182 Å². The molecule has 3 aromatic rings. The molecule has 156 valence electrons. The number of fused-ring (bicyclic) bond motifs is 2. The molecule has 1 spiro atoms. The van der Waals surface area contributed by atoms with Crippen LogP contribution >= 0.6 is 11.8 Å². The van der Waals surface area contributed by atoms with Gasteiger partial charge in [-0.2, -0.15) is 11.8 Å². The van der Waals surface area contributed by atoms with Crippen LogP contribution in [0.5, 0.6) is 0 Å². The molecule has 0 radical (unpaired) electrons. The fraction of sp³-hybridized carbons (Fsp3) is 0.435. The Bertz CT molecular complexity index is 1070. The molecule has 3 aliphatic rings. The molecule has 0 bridgehead atoms. The second kappa shape index (κ2) is 7.71. The molecule has 2 fully saturated rings. The molecule has 5 heterocycles. The molecule has 2 aromatic heterocycles. The second-order valence-electron chi connectivity index (χ2n) is 8.40. The van der Waals surface area contributed by atoms with Crippen LogP contribution in [-0.4, -0.2) is 51.5 Å². The van der Waals surface area contributed by atoms with Crippen LogP contribution in [0.3, 0.4) is 0 Å². The van der Waals surface area contributed by atoms with Crippen molar-refractivity contribution in [3.63, 3.8) is 0 Å². The number of anilines is 3. The van der Waals surface area contributed by atoms with Gasteiger partial charge < -0.3 is 10.2 Å². The van der Waals surface area contributed by atoms with Crippen molar-refractivity contribution in [1.82, 2.24) is 19.9 Å². The van der Waals surface area contributed by atoms with E-state index in [1.165, 1.54) is 22.6 Å². The van der Waals surface area contributed by atoms with Crippen molar-refractivity contribution in [2.45, 2.75) is 26.9 Å². The highest BCUT2D eigenvalue weighted by molar-refractivity contribution is 8.00. The van der Waals surface area contributed by atoms with E-state index in [0.29, 0.717) is 11.4 Å². The average molecular weight is 421 g/mol. The van der Waals surface area contributed by atoms with E-state index in [0.717, 1.165) is 48.6 Å². The monoisotopic (exact) mass is 420 g/mol. The van der Waals surface area contributed by atoms with Gasteiger partial charge in [0.1, 0.15) is 5.52 Å². The van der Waals surface area contributed by atoms with Gasteiger partial charge in [0.2, 0.25) is 5.95 Å². The van der Waals surface area contributed by atoms with Gasteiger partial charge in [0.05, 0.1) is 0 Å². The van der Waals surface area contributed by atoms with Crippen molar-refractivity contribution in [2.24, 2.45) is 5.41 Å². The molecular formula is C23H28N6S. The Hall–Kier alpha value is -2.38. The Kier molecular flexibility index (Phi) is 5.03. The van der Waals surface area contributed by atoms with Gasteiger partial charge in [0.25, 0.3) is 0 Å². The van der Waals surface area contributed by atoms with Gasteiger partial charge in [-0.1, -0.05) is 19.9 Å². The van der Waals surface area contributed by atoms with Crippen LogP contribution in [0.15, 0.2) is 36.7 Å². The maximum Gasteiger partial charge on any atom is 0.227 e. The number of nitrogens with zero attached hydrogens (tertiary/aromatic N) is 5. The third-order valence-electron chi connectivity index (χ3n) is 5.99. The van der Waals surface area contributed by atoms with Crippen molar-refractivity contribution < 1.29 is 0 Å². The normalized spacial score (nSPS) is 19.0. The minimum absolute atomic E-state index is 0.528. The predicted molar refractivity (Wildman–Crippen MR) is 126 cm³/mol. The van der Waals surface area contributed by atoms with Crippen LogP contribution < -0.4 is 10.2 Å². The summed E-state index contributed by atoms with van der Waals surface area (Å²) >= 11 is 2.05. The van der Waals surface area contributed by atoms with Gasteiger partial charge in [0, 0.05) is 66.6 Å². The first-order valence-electron chi connectivity index (χ1n) is 10.7. The van der Waals surface area contributed by atoms with Crippen molar-refractivity contribution in [3.8, 4) is 0 Å². The van der Waals surface area contributed by atoms with Crippen molar-refractivity contribution >= 4 is 40.1 Å². The van der Waals surface area contributed by atoms with E-state index in [2.05, 4.69) is 50.3 Å². The van der Waals surface area contributed by atoms with Crippen LogP contribution in [0.2, 0.25) is 0 Å². The fourth-order valence-electron chi connectivity index (χ4n) is 4.49. The highest BCUT2D eigenvalue weighted by Crippen LogP contribution is 2.47. The van der Waals surface area contributed by atoms with Gasteiger partial charge in [-0.25, -0.2) is 15.0 Å². The SMILES string of the molecule is CC.CN1Cc2ccc(Nc3ncc4ccnc(N5CC6(CSC6)C5)c4n3)cc2C1. The van der Waals surface area contributed by atoms with E-state index in [1.807, 2.05) is 44.1 Å². The number of aromatic nitrogens is 3. The topological polar surface area (TPSA) is 57.2 Å². The minimum atomic E-state index is 0.528. The first-order valence-corrected chi connectivity index (χ1v) is 11.8. The molecule has 0 unspecified atom stereocenters. The van der Waals surface area contributed by atoms with Crippen molar-refractivity contribution in [1.29, 1.82) is 0 Å². The van der Waals surface area contributed by atoms with Gasteiger partial charge >= 0.3 is 0 Å². The maximum absolute atomic E-state index is 4.83. The summed E-state index contributed by atoms with van der Waals surface area (Å²) in [4.78, 5) is 18.7. The summed E-state index contributed by atoms with van der Waals surface area (Å²) in [5.74, 6) is 4.18. The molecule has 1 N–H and O–H groups in total. The number of pyridine rings is 1. The number of rotatable bonds is 3. The number of thioether (sulfide) groups is 1. The number of benzene rings is 1. The largest absolute Gasteiger partial charge is 0.353 e. The molecule has 0 aliphatic carbocycles. The molecular weight excluding hydrogens is 392 g/mol. The highest BCUT2D eigenvalue weighted by atomic mass is 32.2. The molecule has 7 heteroatoms. The number of hydrogen-bond donors (Lipinski definition) is 1. The van der Waals surface area contributed by atoms with E-state index >= 15 is 0 Å². The van der Waals surface area contributed by atoms with Gasteiger partial charge in [0.15, 0.2) is 5.82 Å². The summed E-state index contributed by atoms with van der Waals surface area (Å²) < 4.78 is 0. The first-order chi connectivity index (χ1) is 14.7. The third-order valence-corrected chi connectivity index (χ3v) is 7.62. The summed E-state index contributed by atoms with van der Waals surface area (Å²) in [5.41, 5.74) is 5.27. The molecule has 0 atom stereocenters. The van der Waals surface area contributed by atoms with E-state index < -0.39 is 0 Å². The molecule has 1 aromatic carbocycles. The molecule has 0 saturated carbocycles. The fourth-order valence-corrected chi connectivity index (χ4v) is 5.64. The standard InChI is InChI=1S/C21H22N6S.C2H6/c1-26-8-15-2-3-17(6-16(15)9-26)24-20-23-7-14-4-5-22-19(18(14)25-20)27-10-21(11-27)12-28-13-21;1-2/h2-7H,8-13H2,1H3,(H,23,24,25);1-2H3. The maximum atomic E-state index is 4.83. The predicted octanol–water partition coefficient (Wildman–Crippen LogP) is 4.29. The molecule has 6 rings (SSSR count). The zero-order valence-corrected chi connectivity index (χ0v) is 18.7. The van der Waals surface area contributed by atoms with Crippen LogP contribution in [0, 0.1) is 5.41 Å². The van der Waals surface area contributed by atoms with Crippen LogP contribution in [0.1, 0.15) is 25.0 Å². The van der Waals surface area contributed by atoms with Gasteiger partial charge in [-0.05, 0) is 36.4 Å². The second-order valence-corrected chi connectivity index (χ2v) is 9.38. The molecule has 6 nitrogen and oxygen atoms in total. The van der Waals surface area contributed by atoms with Crippen LogP contribution in [0.4, 0.5) is 17.5 Å². The highest BCUT2D eigenvalue weighted by Gasteiger charge is 2.48. The molecule has 0 amide bonds. The third kappa shape index (κ3) is 3.40. The zero-order valence-electron chi connectivity index (χ0n) is 17.9. The Morgan fingerprint density at radius 2 is 1.83 bits per heavy atom. The summed E-state index contributed by atoms with van der Waals surface area (Å²) in [7, 11) is 2.15. The van der Waals surface area contributed by atoms with E-state index in [9.17, 15) is 0 Å². The van der Waals surface area contributed by atoms with E-state index in [1.54, 1.807) is 0 Å².